The molecule has 0 radical (unpaired) electrons. The summed E-state index contributed by atoms with van der Waals surface area (Å²) in [5.74, 6) is -0.0227. The quantitative estimate of drug-likeness (QED) is 0.831. The van der Waals surface area contributed by atoms with Gasteiger partial charge < -0.3 is 10.6 Å². The van der Waals surface area contributed by atoms with Crippen molar-refractivity contribution >= 4 is 23.5 Å². The minimum Gasteiger partial charge on any atom is -0.326 e. The normalized spacial score (nSPS) is 18.1. The van der Waals surface area contributed by atoms with Crippen LogP contribution in [-0.2, 0) is 9.59 Å². The minimum atomic E-state index is -0.650. The van der Waals surface area contributed by atoms with E-state index in [0.29, 0.717) is 23.6 Å². The summed E-state index contributed by atoms with van der Waals surface area (Å²) in [6.07, 6.45) is 0.462. The number of benzene rings is 1. The van der Waals surface area contributed by atoms with E-state index >= 15 is 0 Å². The van der Waals surface area contributed by atoms with E-state index in [0.717, 1.165) is 4.90 Å². The molecule has 4 amide bonds. The Morgan fingerprint density at radius 1 is 1.29 bits per heavy atom. The van der Waals surface area contributed by atoms with Crippen molar-refractivity contribution < 1.29 is 14.4 Å². The van der Waals surface area contributed by atoms with Crippen molar-refractivity contribution in [2.45, 2.75) is 26.3 Å². The van der Waals surface area contributed by atoms with Crippen LogP contribution in [0.5, 0.6) is 0 Å². The molecule has 2 rings (SSSR count). The number of urea groups is 1. The fourth-order valence-corrected chi connectivity index (χ4v) is 2.14. The number of nitrogens with zero attached hydrogens (tertiary/aromatic N) is 1. The lowest BCUT2D eigenvalue weighted by atomic mass is 10.1. The lowest BCUT2D eigenvalue weighted by Gasteiger charge is -2.11. The van der Waals surface area contributed by atoms with Gasteiger partial charge >= 0.3 is 6.03 Å². The molecule has 21 heavy (non-hydrogen) atoms. The van der Waals surface area contributed by atoms with Crippen LogP contribution in [0, 0.1) is 5.92 Å². The van der Waals surface area contributed by atoms with Crippen molar-refractivity contribution in [2.75, 3.05) is 12.4 Å². The van der Waals surface area contributed by atoms with Gasteiger partial charge in [-0.3, -0.25) is 14.5 Å². The number of hydrogen-bond donors (Lipinski definition) is 2. The van der Waals surface area contributed by atoms with Gasteiger partial charge in [0.1, 0.15) is 6.04 Å². The Labute approximate surface area is 123 Å². The van der Waals surface area contributed by atoms with E-state index in [-0.39, 0.29) is 11.8 Å². The van der Waals surface area contributed by atoms with Gasteiger partial charge in [-0.15, -0.1) is 0 Å². The summed E-state index contributed by atoms with van der Waals surface area (Å²) in [4.78, 5) is 36.0. The summed E-state index contributed by atoms with van der Waals surface area (Å²) in [6.45, 7) is 3.96. The molecule has 1 fully saturated rings. The van der Waals surface area contributed by atoms with Gasteiger partial charge in [-0.05, 0) is 23.6 Å². The fraction of sp³-hybridized carbons (Fsp3) is 0.400. The summed E-state index contributed by atoms with van der Waals surface area (Å²) in [6, 6.07) is 5.86. The number of nitrogens with one attached hydrogen (secondary N) is 2. The van der Waals surface area contributed by atoms with Crippen LogP contribution in [0.1, 0.15) is 31.9 Å². The van der Waals surface area contributed by atoms with Crippen LogP contribution in [0.2, 0.25) is 0 Å². The molecular formula is C15H19N3O3. The Morgan fingerprint density at radius 3 is 2.38 bits per heavy atom. The number of anilines is 1. The first kappa shape index (κ1) is 15.0. The molecule has 0 spiro atoms. The van der Waals surface area contributed by atoms with E-state index in [1.165, 1.54) is 7.05 Å². The topological polar surface area (TPSA) is 78.5 Å². The molecule has 112 valence electrons. The summed E-state index contributed by atoms with van der Waals surface area (Å²) < 4.78 is 0. The molecule has 1 unspecified atom stereocenters. The van der Waals surface area contributed by atoms with Gasteiger partial charge in [-0.25, -0.2) is 4.79 Å². The van der Waals surface area contributed by atoms with Crippen LogP contribution < -0.4 is 10.6 Å². The Hall–Kier alpha value is -2.37. The molecule has 1 aliphatic heterocycles. The Kier molecular flexibility index (Phi) is 4.26. The number of imide groups is 1. The second-order valence-corrected chi connectivity index (χ2v) is 5.55. The summed E-state index contributed by atoms with van der Waals surface area (Å²) in [5.41, 5.74) is 1.37. The molecule has 6 heteroatoms. The summed E-state index contributed by atoms with van der Waals surface area (Å²) >= 11 is 0. The molecule has 1 aliphatic rings. The molecule has 1 aromatic carbocycles. The van der Waals surface area contributed by atoms with Gasteiger partial charge in [0.2, 0.25) is 5.91 Å². The first-order valence-corrected chi connectivity index (χ1v) is 6.86. The van der Waals surface area contributed by atoms with Crippen molar-refractivity contribution in [1.82, 2.24) is 10.2 Å². The lowest BCUT2D eigenvalue weighted by Crippen LogP contribution is -2.25. The molecule has 1 atom stereocenters. The van der Waals surface area contributed by atoms with E-state index in [9.17, 15) is 14.4 Å². The number of carbonyl (C=O) groups is 3. The minimum absolute atomic E-state index is 0.0391. The SMILES string of the molecule is CC(C)CC(=O)Nc1ccc(C2NC(=O)N(C)C2=O)cc1. The van der Waals surface area contributed by atoms with Crippen LogP contribution in [-0.4, -0.2) is 29.8 Å². The molecule has 1 aromatic rings. The third kappa shape index (κ3) is 3.39. The molecule has 0 saturated carbocycles. The second kappa shape index (κ2) is 5.95. The van der Waals surface area contributed by atoms with Gasteiger partial charge in [0.25, 0.3) is 5.91 Å². The zero-order valence-electron chi connectivity index (χ0n) is 12.3. The average molecular weight is 289 g/mol. The van der Waals surface area contributed by atoms with E-state index in [1.54, 1.807) is 24.3 Å². The number of likely N-dealkylation sites (N-methyl/N-ethyl adjacent to an activating group) is 1. The smallest absolute Gasteiger partial charge is 0.324 e. The second-order valence-electron chi connectivity index (χ2n) is 5.55. The van der Waals surface area contributed by atoms with Crippen LogP contribution in [0.25, 0.3) is 0 Å². The van der Waals surface area contributed by atoms with E-state index in [4.69, 9.17) is 0 Å². The van der Waals surface area contributed by atoms with Crippen LogP contribution in [0.15, 0.2) is 24.3 Å². The number of hydrogen-bond acceptors (Lipinski definition) is 3. The zero-order chi connectivity index (χ0) is 15.6. The van der Waals surface area contributed by atoms with Gasteiger partial charge in [-0.1, -0.05) is 26.0 Å². The Balaban J connectivity index is 2.04. The maximum absolute atomic E-state index is 11.9. The van der Waals surface area contributed by atoms with Crippen molar-refractivity contribution in [3.05, 3.63) is 29.8 Å². The van der Waals surface area contributed by atoms with Crippen LogP contribution >= 0.6 is 0 Å². The molecule has 0 aromatic heterocycles. The fourth-order valence-electron chi connectivity index (χ4n) is 2.14. The van der Waals surface area contributed by atoms with Crippen molar-refractivity contribution in [1.29, 1.82) is 0 Å². The summed E-state index contributed by atoms with van der Waals surface area (Å²) in [7, 11) is 1.44. The Bertz CT molecular complexity index is 566. The monoisotopic (exact) mass is 289 g/mol. The highest BCUT2D eigenvalue weighted by Crippen LogP contribution is 2.22. The first-order valence-electron chi connectivity index (χ1n) is 6.86. The number of rotatable bonds is 4. The highest BCUT2D eigenvalue weighted by molar-refractivity contribution is 6.04. The molecular weight excluding hydrogens is 270 g/mol. The molecule has 0 bridgehead atoms. The third-order valence-electron chi connectivity index (χ3n) is 3.27. The maximum atomic E-state index is 11.9. The highest BCUT2D eigenvalue weighted by atomic mass is 16.2. The molecule has 1 saturated heterocycles. The zero-order valence-corrected chi connectivity index (χ0v) is 12.3. The third-order valence-corrected chi connectivity index (χ3v) is 3.27. The molecule has 6 nitrogen and oxygen atoms in total. The largest absolute Gasteiger partial charge is 0.326 e. The lowest BCUT2D eigenvalue weighted by molar-refractivity contribution is -0.126. The number of amides is 4. The standard InChI is InChI=1S/C15H19N3O3/c1-9(2)8-12(19)16-11-6-4-10(5-7-11)13-14(20)18(3)15(21)17-13/h4-7,9,13H,8H2,1-3H3,(H,16,19)(H,17,21). The molecule has 1 heterocycles. The molecule has 0 aliphatic carbocycles. The number of carbonyl (C=O) groups excluding carboxylic acids is 3. The van der Waals surface area contributed by atoms with Crippen LogP contribution in [0.3, 0.4) is 0 Å². The van der Waals surface area contributed by atoms with Crippen LogP contribution in [0.4, 0.5) is 10.5 Å². The van der Waals surface area contributed by atoms with Crippen molar-refractivity contribution in [3.8, 4) is 0 Å². The predicted molar refractivity (Wildman–Crippen MR) is 78.6 cm³/mol. The predicted octanol–water partition coefficient (Wildman–Crippen LogP) is 1.89. The van der Waals surface area contributed by atoms with Gasteiger partial charge in [-0.2, -0.15) is 0 Å². The highest BCUT2D eigenvalue weighted by Gasteiger charge is 2.36. The maximum Gasteiger partial charge on any atom is 0.324 e. The van der Waals surface area contributed by atoms with Crippen molar-refractivity contribution in [3.63, 3.8) is 0 Å². The van der Waals surface area contributed by atoms with E-state index in [1.807, 2.05) is 13.8 Å². The van der Waals surface area contributed by atoms with Gasteiger partial charge in [0, 0.05) is 19.2 Å². The average Bonchev–Trinajstić information content (AvgIpc) is 2.66. The van der Waals surface area contributed by atoms with Gasteiger partial charge in [0.15, 0.2) is 0 Å². The first-order chi connectivity index (χ1) is 9.88. The van der Waals surface area contributed by atoms with E-state index in [2.05, 4.69) is 10.6 Å². The Morgan fingerprint density at radius 2 is 1.90 bits per heavy atom. The van der Waals surface area contributed by atoms with Gasteiger partial charge in [0.05, 0.1) is 0 Å². The summed E-state index contributed by atoms with van der Waals surface area (Å²) in [5, 5.41) is 5.40. The molecule has 2 N–H and O–H groups in total. The van der Waals surface area contributed by atoms with Crippen molar-refractivity contribution in [2.24, 2.45) is 5.92 Å². The van der Waals surface area contributed by atoms with E-state index < -0.39 is 12.1 Å².